The molecule has 0 saturated carbocycles. The maximum atomic E-state index is 2.55. The Morgan fingerprint density at radius 3 is 1.51 bits per heavy atom. The minimum Gasteiger partial charge on any atom is -0.310 e. The van der Waals surface area contributed by atoms with Gasteiger partial charge in [0.05, 0.1) is 33.2 Å². The molecule has 3 heteroatoms. The number of aromatic nitrogens is 2. The van der Waals surface area contributed by atoms with E-state index in [4.69, 9.17) is 0 Å². The molecule has 0 aliphatic heterocycles. The highest BCUT2D eigenvalue weighted by Gasteiger charge is 2.52. The van der Waals surface area contributed by atoms with Crippen molar-refractivity contribution in [1.82, 2.24) is 9.13 Å². The molecular weight excluding hydrogens is 943 g/mol. The molecule has 362 valence electrons. The molecule has 78 heavy (non-hydrogen) atoms. The lowest BCUT2D eigenvalue weighted by Crippen LogP contribution is -2.26. The molecule has 3 nitrogen and oxygen atoms in total. The highest BCUT2D eigenvalue weighted by molar-refractivity contribution is 6.16. The molecule has 0 N–H and O–H groups in total. The molecule has 1 spiro atoms. The Morgan fingerprint density at radius 2 is 0.782 bits per heavy atom. The Bertz CT molecular complexity index is 4940. The van der Waals surface area contributed by atoms with E-state index < -0.39 is 5.41 Å². The topological polar surface area (TPSA) is 13.1 Å². The zero-order chi connectivity index (χ0) is 51.1. The van der Waals surface area contributed by atoms with Gasteiger partial charge in [-0.2, -0.15) is 0 Å². The van der Waals surface area contributed by atoms with Gasteiger partial charge in [0.2, 0.25) is 0 Å². The monoisotopic (exact) mass is 989 g/mol. The van der Waals surface area contributed by atoms with Crippen LogP contribution in [0.5, 0.6) is 0 Å². The molecule has 2 aromatic heterocycles. The van der Waals surface area contributed by atoms with Crippen LogP contribution < -0.4 is 4.90 Å². The molecule has 0 atom stereocenters. The fourth-order valence-electron chi connectivity index (χ4n) is 14.2. The molecule has 13 aromatic carbocycles. The highest BCUT2D eigenvalue weighted by Crippen LogP contribution is 2.65. The quantitative estimate of drug-likeness (QED) is 0.151. The zero-order valence-corrected chi connectivity index (χ0v) is 42.5. The molecule has 0 saturated heterocycles. The summed E-state index contributed by atoms with van der Waals surface area (Å²) < 4.78 is 4.88. The number of anilines is 3. The van der Waals surface area contributed by atoms with E-state index in [1.165, 1.54) is 115 Å². The summed E-state index contributed by atoms with van der Waals surface area (Å²) in [6.07, 6.45) is 0. The summed E-state index contributed by atoms with van der Waals surface area (Å²) in [5.41, 5.74) is 22.7. The summed E-state index contributed by atoms with van der Waals surface area (Å²) in [6, 6.07) is 106. The number of hydrogen-bond acceptors (Lipinski definition) is 1. The lowest BCUT2D eigenvalue weighted by Gasteiger charge is -2.32. The predicted octanol–water partition coefficient (Wildman–Crippen LogP) is 19.7. The molecule has 0 unspecified atom stereocenters. The van der Waals surface area contributed by atoms with Crippen molar-refractivity contribution in [3.05, 3.63) is 307 Å². The van der Waals surface area contributed by atoms with E-state index in [0.717, 1.165) is 34.0 Å². The van der Waals surface area contributed by atoms with Crippen molar-refractivity contribution < 1.29 is 0 Å². The average Bonchev–Trinajstić information content (AvgIpc) is 3.40. The van der Waals surface area contributed by atoms with Crippen molar-refractivity contribution in [2.24, 2.45) is 0 Å². The Balaban J connectivity index is 0.932. The predicted molar refractivity (Wildman–Crippen MR) is 327 cm³/mol. The molecular formula is C75H47N3. The molecule has 0 amide bonds. The van der Waals surface area contributed by atoms with Crippen LogP contribution in [0.2, 0.25) is 0 Å². The van der Waals surface area contributed by atoms with Gasteiger partial charge in [-0.25, -0.2) is 0 Å². The van der Waals surface area contributed by atoms with Crippen LogP contribution in [0.3, 0.4) is 0 Å². The van der Waals surface area contributed by atoms with Crippen LogP contribution in [0.1, 0.15) is 22.3 Å². The summed E-state index contributed by atoms with van der Waals surface area (Å²) in [5.74, 6) is 0. The van der Waals surface area contributed by atoms with Crippen molar-refractivity contribution in [2.45, 2.75) is 5.41 Å². The van der Waals surface area contributed by atoms with Gasteiger partial charge in [0.1, 0.15) is 0 Å². The molecule has 0 radical (unpaired) electrons. The Hall–Kier alpha value is -10.2. The van der Waals surface area contributed by atoms with Gasteiger partial charge in [-0.05, 0) is 150 Å². The van der Waals surface area contributed by atoms with E-state index in [2.05, 4.69) is 299 Å². The first kappa shape index (κ1) is 43.1. The summed E-state index contributed by atoms with van der Waals surface area (Å²) in [5, 5.41) is 9.81. The van der Waals surface area contributed by atoms with Gasteiger partial charge in [0, 0.05) is 49.9 Å². The minimum absolute atomic E-state index is 0.488. The first-order valence-corrected chi connectivity index (χ1v) is 27.1. The summed E-state index contributed by atoms with van der Waals surface area (Å²) in [6.45, 7) is 0. The summed E-state index contributed by atoms with van der Waals surface area (Å²) in [4.78, 5) is 2.55. The van der Waals surface area contributed by atoms with Gasteiger partial charge in [-0.1, -0.05) is 206 Å². The molecule has 2 heterocycles. The second-order valence-corrected chi connectivity index (χ2v) is 21.1. The van der Waals surface area contributed by atoms with Gasteiger partial charge < -0.3 is 14.0 Å². The number of fused-ring (bicyclic) bond motifs is 19. The van der Waals surface area contributed by atoms with E-state index in [1.54, 1.807) is 0 Å². The molecule has 0 fully saturated rings. The van der Waals surface area contributed by atoms with Crippen LogP contribution in [0.25, 0.3) is 110 Å². The highest BCUT2D eigenvalue weighted by atomic mass is 15.1. The van der Waals surface area contributed by atoms with Crippen molar-refractivity contribution >= 4 is 82.2 Å². The maximum absolute atomic E-state index is 2.55. The lowest BCUT2D eigenvalue weighted by molar-refractivity contribution is 0.794. The maximum Gasteiger partial charge on any atom is 0.0726 e. The Labute approximate surface area is 451 Å². The Morgan fingerprint density at radius 1 is 0.269 bits per heavy atom. The normalized spacial score (nSPS) is 13.0. The van der Waals surface area contributed by atoms with Gasteiger partial charge in [0.25, 0.3) is 0 Å². The van der Waals surface area contributed by atoms with Gasteiger partial charge in [-0.15, -0.1) is 0 Å². The van der Waals surface area contributed by atoms with Crippen molar-refractivity contribution in [1.29, 1.82) is 0 Å². The van der Waals surface area contributed by atoms with E-state index in [1.807, 2.05) is 0 Å². The van der Waals surface area contributed by atoms with Gasteiger partial charge in [-0.3, -0.25) is 0 Å². The minimum atomic E-state index is -0.488. The first-order valence-electron chi connectivity index (χ1n) is 27.1. The third-order valence-corrected chi connectivity index (χ3v) is 17.3. The van der Waals surface area contributed by atoms with Crippen molar-refractivity contribution in [2.75, 3.05) is 4.90 Å². The van der Waals surface area contributed by atoms with Crippen molar-refractivity contribution in [3.8, 4) is 44.8 Å². The first-order chi connectivity index (χ1) is 38.7. The third kappa shape index (κ3) is 5.87. The number of benzene rings is 13. The van der Waals surface area contributed by atoms with Crippen LogP contribution in [0.15, 0.2) is 285 Å². The molecule has 2 aliphatic rings. The van der Waals surface area contributed by atoms with E-state index >= 15 is 0 Å². The average molecular weight is 990 g/mol. The van der Waals surface area contributed by atoms with Crippen LogP contribution in [-0.2, 0) is 5.41 Å². The summed E-state index contributed by atoms with van der Waals surface area (Å²) in [7, 11) is 0. The smallest absolute Gasteiger partial charge is 0.0726 e. The number of nitrogens with zero attached hydrogens (tertiary/aromatic N) is 3. The van der Waals surface area contributed by atoms with Gasteiger partial charge in [0.15, 0.2) is 0 Å². The number of para-hydroxylation sites is 3. The largest absolute Gasteiger partial charge is 0.310 e. The van der Waals surface area contributed by atoms with Crippen LogP contribution in [-0.4, -0.2) is 9.13 Å². The van der Waals surface area contributed by atoms with Crippen LogP contribution in [0.4, 0.5) is 17.1 Å². The van der Waals surface area contributed by atoms with Crippen LogP contribution in [0, 0.1) is 0 Å². The second kappa shape index (κ2) is 16.4. The fraction of sp³-hybridized carbons (Fsp3) is 0.0133. The fourth-order valence-corrected chi connectivity index (χ4v) is 14.2. The molecule has 17 rings (SSSR count). The Kier molecular flexibility index (Phi) is 9.05. The van der Waals surface area contributed by atoms with E-state index in [9.17, 15) is 0 Å². The zero-order valence-electron chi connectivity index (χ0n) is 42.5. The number of hydrogen-bond donors (Lipinski definition) is 0. The van der Waals surface area contributed by atoms with Crippen LogP contribution >= 0.6 is 0 Å². The second-order valence-electron chi connectivity index (χ2n) is 21.1. The van der Waals surface area contributed by atoms with E-state index in [0.29, 0.717) is 0 Å². The molecule has 0 bridgehead atoms. The van der Waals surface area contributed by atoms with Crippen molar-refractivity contribution in [3.63, 3.8) is 0 Å². The molecule has 15 aromatic rings. The standard InChI is InChI=1S/C75H47N3/c1-3-20-48(21-4-1)63-45-49-44-51(38-41-54(49)55-24-7-8-25-56(55)63)76(72-37-19-34-68-74(72)62-30-11-16-33-67(62)75(68)65-31-14-9-26-57(65)58-27-10-15-32-66(58)75)52-40-43-71-64(46-52)60-29-13-18-36-70(60)78(71)53-39-42-61-59-28-12-17-35-69(59)77(73(61)47-53)50-22-5-2-6-23-50/h1-47H. The number of rotatable bonds is 6. The molecule has 2 aliphatic carbocycles. The third-order valence-electron chi connectivity index (χ3n) is 17.3. The van der Waals surface area contributed by atoms with Gasteiger partial charge >= 0.3 is 0 Å². The lowest BCUT2D eigenvalue weighted by atomic mass is 9.70. The summed E-state index contributed by atoms with van der Waals surface area (Å²) >= 11 is 0. The van der Waals surface area contributed by atoms with E-state index in [-0.39, 0.29) is 0 Å². The SMILES string of the molecule is c1ccc(-c2cc3cc(N(c4ccc5c(c4)c4ccccc4n5-c4ccc5c6ccccc6n(-c6ccccc6)c5c4)c4cccc5c4-c4ccccc4C54c5ccccc5-c5ccccc54)ccc3c3ccccc23)cc1.